The molecule has 1 N–H and O–H groups in total. The molecule has 10 heteroatoms. The third-order valence-corrected chi connectivity index (χ3v) is 3.89. The van der Waals surface area contributed by atoms with Crippen molar-refractivity contribution >= 4 is 22.1 Å². The Morgan fingerprint density at radius 1 is 1.14 bits per heavy atom. The quantitative estimate of drug-likeness (QED) is 0.457. The molecule has 0 heterocycles. The Bertz CT molecular complexity index is 562. The minimum absolute atomic E-state index is 0.126. The van der Waals surface area contributed by atoms with E-state index in [0.29, 0.717) is 0 Å². The highest BCUT2D eigenvalue weighted by atomic mass is 32.2. The Labute approximate surface area is 126 Å². The molecule has 1 aliphatic rings. The van der Waals surface area contributed by atoms with E-state index in [1.165, 1.54) is 6.92 Å². The van der Waals surface area contributed by atoms with Gasteiger partial charge < -0.3 is 9.47 Å². The average molecular weight is 342 g/mol. The molecule has 1 saturated carbocycles. The summed E-state index contributed by atoms with van der Waals surface area (Å²) in [6, 6.07) is 0. The molecule has 1 aliphatic carbocycles. The molecule has 1 fully saturated rings. The number of alkyl halides is 2. The monoisotopic (exact) mass is 342 g/mol. The fourth-order valence-electron chi connectivity index (χ4n) is 1.85. The van der Waals surface area contributed by atoms with Crippen molar-refractivity contribution in [2.45, 2.75) is 50.1 Å². The fraction of sp³-hybridized carbons (Fsp3) is 0.667. The van der Waals surface area contributed by atoms with Gasteiger partial charge in [0.25, 0.3) is 0 Å². The van der Waals surface area contributed by atoms with Crippen molar-refractivity contribution in [3.63, 3.8) is 0 Å². The molecular formula is C12H16F2O7S. The van der Waals surface area contributed by atoms with Gasteiger partial charge in [-0.1, -0.05) is 6.58 Å². The Kier molecular flexibility index (Phi) is 5.63. The molecule has 0 radical (unpaired) electrons. The lowest BCUT2D eigenvalue weighted by Gasteiger charge is -2.28. The number of esters is 2. The molecule has 0 unspecified atom stereocenters. The van der Waals surface area contributed by atoms with Crippen molar-refractivity contribution in [2.24, 2.45) is 0 Å². The lowest BCUT2D eigenvalue weighted by Crippen LogP contribution is -2.41. The topological polar surface area (TPSA) is 107 Å². The molecule has 0 aromatic carbocycles. The predicted molar refractivity (Wildman–Crippen MR) is 69.5 cm³/mol. The number of rotatable bonds is 5. The van der Waals surface area contributed by atoms with Crippen LogP contribution in [0.2, 0.25) is 0 Å². The smallest absolute Gasteiger partial charge is 0.459 e. The van der Waals surface area contributed by atoms with Crippen LogP contribution in [0.1, 0.15) is 32.6 Å². The Morgan fingerprint density at radius 3 is 1.91 bits per heavy atom. The summed E-state index contributed by atoms with van der Waals surface area (Å²) in [6.07, 6.45) is -0.577. The van der Waals surface area contributed by atoms with Gasteiger partial charge in [-0.2, -0.15) is 17.2 Å². The van der Waals surface area contributed by atoms with Crippen LogP contribution < -0.4 is 0 Å². The van der Waals surface area contributed by atoms with Crippen LogP contribution in [0.25, 0.3) is 0 Å². The van der Waals surface area contributed by atoms with Gasteiger partial charge in [-0.25, -0.2) is 9.59 Å². The zero-order chi connectivity index (χ0) is 17.1. The maximum Gasteiger partial charge on any atom is 0.465 e. The number of ether oxygens (including phenoxy) is 2. The molecule has 0 bridgehead atoms. The summed E-state index contributed by atoms with van der Waals surface area (Å²) in [4.78, 5) is 22.4. The molecule has 126 valence electrons. The first kappa shape index (κ1) is 18.5. The SMILES string of the molecule is C=C(C)C(=O)OC1CCC(OC(=O)C(F)(F)S(=O)(=O)O)CC1. The second-order valence-corrected chi connectivity index (χ2v) is 6.44. The van der Waals surface area contributed by atoms with Crippen LogP contribution in [0.5, 0.6) is 0 Å². The first-order valence-electron chi connectivity index (χ1n) is 6.37. The summed E-state index contributed by atoms with van der Waals surface area (Å²) in [6.45, 7) is 4.90. The molecule has 0 amide bonds. The molecule has 1 rings (SSSR count). The van der Waals surface area contributed by atoms with Crippen molar-refractivity contribution in [1.82, 2.24) is 0 Å². The van der Waals surface area contributed by atoms with E-state index in [-0.39, 0.29) is 31.3 Å². The number of carbonyl (C=O) groups is 2. The van der Waals surface area contributed by atoms with E-state index in [1.54, 1.807) is 0 Å². The molecule has 22 heavy (non-hydrogen) atoms. The molecule has 0 aliphatic heterocycles. The summed E-state index contributed by atoms with van der Waals surface area (Å²) in [5, 5.41) is -5.00. The van der Waals surface area contributed by atoms with E-state index >= 15 is 0 Å². The molecule has 0 aromatic rings. The summed E-state index contributed by atoms with van der Waals surface area (Å²) in [5.41, 5.74) is 0.223. The first-order valence-corrected chi connectivity index (χ1v) is 7.81. The van der Waals surface area contributed by atoms with E-state index in [9.17, 15) is 26.8 Å². The summed E-state index contributed by atoms with van der Waals surface area (Å²) >= 11 is 0. The number of halogens is 2. The average Bonchev–Trinajstić information content (AvgIpc) is 2.39. The highest BCUT2D eigenvalue weighted by Crippen LogP contribution is 2.28. The van der Waals surface area contributed by atoms with Gasteiger partial charge in [0.05, 0.1) is 0 Å². The standard InChI is InChI=1S/C12H16F2O7S/c1-7(2)10(15)20-8-3-5-9(6-4-8)21-11(16)12(13,14)22(17,18)19/h8-9H,1,3-6H2,2H3,(H,17,18,19). The third-order valence-electron chi connectivity index (χ3n) is 3.08. The Hall–Kier alpha value is -1.55. The number of hydrogen-bond donors (Lipinski definition) is 1. The van der Waals surface area contributed by atoms with Crippen molar-refractivity contribution in [2.75, 3.05) is 0 Å². The van der Waals surface area contributed by atoms with Gasteiger partial charge in [-0.3, -0.25) is 4.55 Å². The van der Waals surface area contributed by atoms with Gasteiger partial charge in [-0.15, -0.1) is 0 Å². The molecule has 0 aromatic heterocycles. The van der Waals surface area contributed by atoms with E-state index in [2.05, 4.69) is 11.3 Å². The van der Waals surface area contributed by atoms with Crippen LogP contribution in [0.15, 0.2) is 12.2 Å². The zero-order valence-electron chi connectivity index (χ0n) is 11.8. The van der Waals surface area contributed by atoms with Crippen molar-refractivity contribution in [3.8, 4) is 0 Å². The summed E-state index contributed by atoms with van der Waals surface area (Å²) < 4.78 is 64.6. The van der Waals surface area contributed by atoms with Crippen LogP contribution in [0.4, 0.5) is 8.78 Å². The second-order valence-electron chi connectivity index (χ2n) is 4.98. The fourth-order valence-corrected chi connectivity index (χ4v) is 2.10. The van der Waals surface area contributed by atoms with E-state index in [1.807, 2.05) is 0 Å². The number of carbonyl (C=O) groups excluding carboxylic acids is 2. The van der Waals surface area contributed by atoms with Crippen LogP contribution in [0, 0.1) is 0 Å². The lowest BCUT2D eigenvalue weighted by atomic mass is 9.95. The van der Waals surface area contributed by atoms with Crippen LogP contribution in [0.3, 0.4) is 0 Å². The van der Waals surface area contributed by atoms with Crippen LogP contribution >= 0.6 is 0 Å². The molecule has 0 saturated heterocycles. The number of hydrogen-bond acceptors (Lipinski definition) is 6. The van der Waals surface area contributed by atoms with E-state index in [4.69, 9.17) is 9.29 Å². The highest BCUT2D eigenvalue weighted by Gasteiger charge is 2.54. The highest BCUT2D eigenvalue weighted by molar-refractivity contribution is 7.87. The maximum absolute atomic E-state index is 13.0. The van der Waals surface area contributed by atoms with Crippen molar-refractivity contribution in [3.05, 3.63) is 12.2 Å². The largest absolute Gasteiger partial charge is 0.465 e. The van der Waals surface area contributed by atoms with E-state index < -0.39 is 39.5 Å². The predicted octanol–water partition coefficient (Wildman–Crippen LogP) is 1.44. The molecule has 0 spiro atoms. The van der Waals surface area contributed by atoms with Crippen molar-refractivity contribution < 1.29 is 40.8 Å². The second kappa shape index (κ2) is 6.69. The maximum atomic E-state index is 13.0. The summed E-state index contributed by atoms with van der Waals surface area (Å²) in [7, 11) is -5.88. The van der Waals surface area contributed by atoms with Gasteiger partial charge in [-0.05, 0) is 32.6 Å². The molecular weight excluding hydrogens is 326 g/mol. The van der Waals surface area contributed by atoms with Crippen molar-refractivity contribution in [1.29, 1.82) is 0 Å². The molecule has 0 atom stereocenters. The zero-order valence-corrected chi connectivity index (χ0v) is 12.6. The molecule has 7 nitrogen and oxygen atoms in total. The Balaban J connectivity index is 2.51. The summed E-state index contributed by atoms with van der Waals surface area (Å²) in [5.74, 6) is -2.89. The lowest BCUT2D eigenvalue weighted by molar-refractivity contribution is -0.171. The minimum Gasteiger partial charge on any atom is -0.459 e. The van der Waals surface area contributed by atoms with Gasteiger partial charge in [0.1, 0.15) is 12.2 Å². The normalized spacial score (nSPS) is 22.7. The van der Waals surface area contributed by atoms with Gasteiger partial charge in [0, 0.05) is 5.57 Å². The van der Waals surface area contributed by atoms with Crippen LogP contribution in [-0.4, -0.2) is 42.4 Å². The Morgan fingerprint density at radius 2 is 1.55 bits per heavy atom. The van der Waals surface area contributed by atoms with Crippen LogP contribution in [-0.2, 0) is 29.2 Å². The third kappa shape index (κ3) is 4.47. The van der Waals surface area contributed by atoms with Gasteiger partial charge >= 0.3 is 27.3 Å². The van der Waals surface area contributed by atoms with E-state index in [0.717, 1.165) is 0 Å². The minimum atomic E-state index is -5.88. The first-order chi connectivity index (χ1) is 9.95. The van der Waals surface area contributed by atoms with Gasteiger partial charge in [0.15, 0.2) is 0 Å². The van der Waals surface area contributed by atoms with Gasteiger partial charge in [0.2, 0.25) is 0 Å².